The molecular weight excluding hydrogens is 224 g/mol. The molecule has 0 bridgehead atoms. The van der Waals surface area contributed by atoms with Crippen molar-refractivity contribution in [3.05, 3.63) is 47.8 Å². The van der Waals surface area contributed by atoms with Gasteiger partial charge in [-0.15, -0.1) is 0 Å². The molecule has 3 nitrogen and oxygen atoms in total. The van der Waals surface area contributed by atoms with Crippen molar-refractivity contribution in [2.45, 2.75) is 13.8 Å². The van der Waals surface area contributed by atoms with Gasteiger partial charge in [-0.1, -0.05) is 18.2 Å². The quantitative estimate of drug-likeness (QED) is 0.481. The van der Waals surface area contributed by atoms with Crippen molar-refractivity contribution >= 4 is 27.6 Å². The fraction of sp³-hybridized carbons (Fsp3) is 0.133. The van der Waals surface area contributed by atoms with Gasteiger partial charge in [0.25, 0.3) is 0 Å². The lowest BCUT2D eigenvalue weighted by atomic mass is 10.1. The van der Waals surface area contributed by atoms with Crippen molar-refractivity contribution in [2.24, 2.45) is 0 Å². The van der Waals surface area contributed by atoms with Gasteiger partial charge in [-0.25, -0.2) is 4.98 Å². The van der Waals surface area contributed by atoms with Crippen molar-refractivity contribution < 1.29 is 4.79 Å². The van der Waals surface area contributed by atoms with E-state index in [1.165, 1.54) is 6.92 Å². The molecule has 0 atom stereocenters. The van der Waals surface area contributed by atoms with Gasteiger partial charge in [-0.3, -0.25) is 9.78 Å². The standard InChI is InChI=1S/C15H12N2O/c1-9-7-12-4-3-11-5-6-13(10(2)18)17-15(11)14(12)16-8-9/h3-8H,1-2H3. The average Bonchev–Trinajstić information content (AvgIpc) is 2.37. The maximum Gasteiger partial charge on any atom is 0.178 e. The number of Topliss-reactive ketones (excluding diaryl/α,β-unsaturated/α-hetero) is 1. The highest BCUT2D eigenvalue weighted by Gasteiger charge is 2.07. The van der Waals surface area contributed by atoms with Crippen molar-refractivity contribution in [1.29, 1.82) is 0 Å². The van der Waals surface area contributed by atoms with E-state index < -0.39 is 0 Å². The van der Waals surface area contributed by atoms with Crippen LogP contribution < -0.4 is 0 Å². The van der Waals surface area contributed by atoms with E-state index in [1.54, 1.807) is 6.07 Å². The number of pyridine rings is 2. The maximum atomic E-state index is 11.4. The van der Waals surface area contributed by atoms with Gasteiger partial charge in [-0.2, -0.15) is 0 Å². The highest BCUT2D eigenvalue weighted by molar-refractivity contribution is 6.04. The minimum Gasteiger partial charge on any atom is -0.293 e. The minimum absolute atomic E-state index is 0.0268. The second kappa shape index (κ2) is 3.88. The Morgan fingerprint density at radius 1 is 1.06 bits per heavy atom. The van der Waals surface area contributed by atoms with E-state index in [0.717, 1.165) is 27.4 Å². The third-order valence-electron chi connectivity index (χ3n) is 3.01. The van der Waals surface area contributed by atoms with Crippen LogP contribution in [0.5, 0.6) is 0 Å². The summed E-state index contributed by atoms with van der Waals surface area (Å²) in [5.74, 6) is -0.0268. The molecule has 0 aliphatic rings. The Morgan fingerprint density at radius 3 is 2.56 bits per heavy atom. The highest BCUT2D eigenvalue weighted by atomic mass is 16.1. The average molecular weight is 236 g/mol. The van der Waals surface area contributed by atoms with Crippen LogP contribution in [0.1, 0.15) is 23.0 Å². The van der Waals surface area contributed by atoms with Gasteiger partial charge in [-0.05, 0) is 24.6 Å². The molecule has 2 aromatic heterocycles. The van der Waals surface area contributed by atoms with E-state index in [1.807, 2.05) is 31.3 Å². The minimum atomic E-state index is -0.0268. The van der Waals surface area contributed by atoms with Crippen LogP contribution in [0.15, 0.2) is 36.5 Å². The zero-order valence-electron chi connectivity index (χ0n) is 10.3. The molecule has 0 spiro atoms. The molecule has 3 aromatic rings. The summed E-state index contributed by atoms with van der Waals surface area (Å²) in [6.07, 6.45) is 1.82. The molecule has 0 fully saturated rings. The maximum absolute atomic E-state index is 11.4. The van der Waals surface area contributed by atoms with Crippen molar-refractivity contribution in [1.82, 2.24) is 9.97 Å². The Balaban J connectivity index is 2.43. The van der Waals surface area contributed by atoms with Crippen molar-refractivity contribution in [3.63, 3.8) is 0 Å². The van der Waals surface area contributed by atoms with E-state index in [-0.39, 0.29) is 5.78 Å². The van der Waals surface area contributed by atoms with Crippen LogP contribution in [-0.4, -0.2) is 15.8 Å². The van der Waals surface area contributed by atoms with Gasteiger partial charge in [0, 0.05) is 23.9 Å². The molecule has 0 aliphatic heterocycles. The fourth-order valence-corrected chi connectivity index (χ4v) is 2.09. The fourth-order valence-electron chi connectivity index (χ4n) is 2.09. The summed E-state index contributed by atoms with van der Waals surface area (Å²) in [4.78, 5) is 20.3. The van der Waals surface area contributed by atoms with E-state index in [2.05, 4.69) is 16.0 Å². The van der Waals surface area contributed by atoms with Gasteiger partial charge in [0.2, 0.25) is 0 Å². The van der Waals surface area contributed by atoms with E-state index in [0.29, 0.717) is 5.69 Å². The Labute approximate surface area is 104 Å². The van der Waals surface area contributed by atoms with Crippen molar-refractivity contribution in [3.8, 4) is 0 Å². The summed E-state index contributed by atoms with van der Waals surface area (Å²) in [6, 6.07) is 9.79. The molecule has 1 aromatic carbocycles. The van der Waals surface area contributed by atoms with Crippen LogP contribution in [0.3, 0.4) is 0 Å². The van der Waals surface area contributed by atoms with Gasteiger partial charge in [0.1, 0.15) is 5.69 Å². The molecule has 3 heteroatoms. The number of hydrogen-bond donors (Lipinski definition) is 0. The number of fused-ring (bicyclic) bond motifs is 3. The predicted molar refractivity (Wildman–Crippen MR) is 71.8 cm³/mol. The topological polar surface area (TPSA) is 42.9 Å². The molecule has 0 radical (unpaired) electrons. The van der Waals surface area contributed by atoms with Crippen LogP contribution >= 0.6 is 0 Å². The third kappa shape index (κ3) is 1.64. The molecule has 18 heavy (non-hydrogen) atoms. The lowest BCUT2D eigenvalue weighted by Crippen LogP contribution is -1.97. The Bertz CT molecular complexity index is 778. The summed E-state index contributed by atoms with van der Waals surface area (Å²) >= 11 is 0. The molecule has 0 N–H and O–H groups in total. The van der Waals surface area contributed by atoms with Gasteiger partial charge in [0.05, 0.1) is 11.0 Å². The second-order valence-electron chi connectivity index (χ2n) is 4.47. The first-order chi connectivity index (χ1) is 8.65. The molecule has 0 saturated carbocycles. The number of carbonyl (C=O) groups excluding carboxylic acids is 1. The summed E-state index contributed by atoms with van der Waals surface area (Å²) < 4.78 is 0. The monoisotopic (exact) mass is 236 g/mol. The second-order valence-corrected chi connectivity index (χ2v) is 4.47. The molecule has 0 amide bonds. The lowest BCUT2D eigenvalue weighted by Gasteiger charge is -2.04. The first kappa shape index (κ1) is 10.8. The number of rotatable bonds is 1. The third-order valence-corrected chi connectivity index (χ3v) is 3.01. The normalized spacial score (nSPS) is 11.0. The predicted octanol–water partition coefficient (Wildman–Crippen LogP) is 3.29. The smallest absolute Gasteiger partial charge is 0.178 e. The summed E-state index contributed by atoms with van der Waals surface area (Å²) in [5, 5.41) is 2.06. The van der Waals surface area contributed by atoms with Gasteiger partial charge < -0.3 is 0 Å². The number of carbonyl (C=O) groups is 1. The van der Waals surface area contributed by atoms with Crippen LogP contribution in [0.4, 0.5) is 0 Å². The first-order valence-electron chi connectivity index (χ1n) is 5.82. The van der Waals surface area contributed by atoms with E-state index in [4.69, 9.17) is 0 Å². The summed E-state index contributed by atoms with van der Waals surface area (Å²) in [6.45, 7) is 3.53. The summed E-state index contributed by atoms with van der Waals surface area (Å²) in [5.41, 5.74) is 3.24. The molecule has 88 valence electrons. The van der Waals surface area contributed by atoms with Crippen LogP contribution in [0.25, 0.3) is 21.8 Å². The van der Waals surface area contributed by atoms with Crippen LogP contribution in [0.2, 0.25) is 0 Å². The molecule has 2 heterocycles. The largest absolute Gasteiger partial charge is 0.293 e. The van der Waals surface area contributed by atoms with Gasteiger partial charge >= 0.3 is 0 Å². The Kier molecular flexibility index (Phi) is 2.33. The molecular formula is C15H12N2O. The van der Waals surface area contributed by atoms with Crippen molar-refractivity contribution in [2.75, 3.05) is 0 Å². The SMILES string of the molecule is CC(=O)c1ccc2ccc3cc(C)cnc3c2n1. The van der Waals surface area contributed by atoms with E-state index >= 15 is 0 Å². The number of aryl methyl sites for hydroxylation is 1. The number of hydrogen-bond acceptors (Lipinski definition) is 3. The zero-order chi connectivity index (χ0) is 12.7. The summed E-state index contributed by atoms with van der Waals surface area (Å²) in [7, 11) is 0. The number of benzene rings is 1. The van der Waals surface area contributed by atoms with Crippen LogP contribution in [0, 0.1) is 6.92 Å². The molecule has 0 saturated heterocycles. The number of nitrogens with zero attached hydrogens (tertiary/aromatic N) is 2. The first-order valence-corrected chi connectivity index (χ1v) is 5.82. The molecule has 3 rings (SSSR count). The number of ketones is 1. The van der Waals surface area contributed by atoms with Crippen LogP contribution in [-0.2, 0) is 0 Å². The zero-order valence-corrected chi connectivity index (χ0v) is 10.3. The lowest BCUT2D eigenvalue weighted by molar-refractivity contribution is 0.101. The number of aromatic nitrogens is 2. The van der Waals surface area contributed by atoms with E-state index in [9.17, 15) is 4.79 Å². The molecule has 0 aliphatic carbocycles. The molecule has 0 unspecified atom stereocenters. The Hall–Kier alpha value is -2.29. The highest BCUT2D eigenvalue weighted by Crippen LogP contribution is 2.23. The Morgan fingerprint density at radius 2 is 1.78 bits per heavy atom. The van der Waals surface area contributed by atoms with Gasteiger partial charge in [0.15, 0.2) is 5.78 Å².